The molecular formula is C24H16Cl2FNO4. The van der Waals surface area contributed by atoms with Gasteiger partial charge < -0.3 is 14.2 Å². The van der Waals surface area contributed by atoms with Crippen molar-refractivity contribution in [2.24, 2.45) is 4.99 Å². The van der Waals surface area contributed by atoms with E-state index in [-0.39, 0.29) is 24.0 Å². The van der Waals surface area contributed by atoms with Crippen LogP contribution in [-0.2, 0) is 16.1 Å². The molecule has 1 aliphatic heterocycles. The SMILES string of the molecule is COc1cc(C=C2N=C(c3ccc(F)cc3)OC2=O)ccc1OCc1ccc(Cl)cc1Cl. The van der Waals surface area contributed by atoms with Crippen molar-refractivity contribution in [3.63, 3.8) is 0 Å². The van der Waals surface area contributed by atoms with E-state index in [1.54, 1.807) is 42.5 Å². The quantitative estimate of drug-likeness (QED) is 0.323. The minimum Gasteiger partial charge on any atom is -0.493 e. The maximum atomic E-state index is 13.1. The largest absolute Gasteiger partial charge is 0.493 e. The summed E-state index contributed by atoms with van der Waals surface area (Å²) in [5.41, 5.74) is 2.06. The summed E-state index contributed by atoms with van der Waals surface area (Å²) in [6.07, 6.45) is 1.57. The van der Waals surface area contributed by atoms with Crippen LogP contribution in [0.25, 0.3) is 6.08 Å². The first-order valence-corrected chi connectivity index (χ1v) is 10.2. The lowest BCUT2D eigenvalue weighted by Crippen LogP contribution is -2.05. The van der Waals surface area contributed by atoms with Crippen molar-refractivity contribution < 1.29 is 23.4 Å². The molecule has 0 saturated carbocycles. The second-order valence-corrected chi connectivity index (χ2v) is 7.62. The molecule has 0 radical (unpaired) electrons. The van der Waals surface area contributed by atoms with E-state index in [1.807, 2.05) is 0 Å². The van der Waals surface area contributed by atoms with Gasteiger partial charge in [0.05, 0.1) is 7.11 Å². The summed E-state index contributed by atoms with van der Waals surface area (Å²) >= 11 is 12.1. The molecule has 0 amide bonds. The number of esters is 1. The summed E-state index contributed by atoms with van der Waals surface area (Å²) in [6.45, 7) is 0.227. The molecule has 8 heteroatoms. The number of hydrogen-bond acceptors (Lipinski definition) is 5. The zero-order valence-corrected chi connectivity index (χ0v) is 18.3. The van der Waals surface area contributed by atoms with Crippen LogP contribution in [0.5, 0.6) is 11.5 Å². The van der Waals surface area contributed by atoms with Gasteiger partial charge in [-0.15, -0.1) is 0 Å². The minimum absolute atomic E-state index is 0.119. The van der Waals surface area contributed by atoms with Gasteiger partial charge in [-0.25, -0.2) is 14.2 Å². The number of nitrogens with zero attached hydrogens (tertiary/aromatic N) is 1. The number of carbonyl (C=O) groups excluding carboxylic acids is 1. The van der Waals surface area contributed by atoms with Crippen molar-refractivity contribution in [2.75, 3.05) is 7.11 Å². The first kappa shape index (κ1) is 21.9. The Labute approximate surface area is 193 Å². The molecule has 1 heterocycles. The number of aliphatic imine (C=N–C) groups is 1. The van der Waals surface area contributed by atoms with Gasteiger partial charge in [0.1, 0.15) is 12.4 Å². The molecule has 0 aromatic heterocycles. The Morgan fingerprint density at radius 1 is 1.03 bits per heavy atom. The third-order valence-electron chi connectivity index (χ3n) is 4.60. The number of benzene rings is 3. The number of rotatable bonds is 6. The maximum absolute atomic E-state index is 13.1. The van der Waals surface area contributed by atoms with Crippen LogP contribution in [0.15, 0.2) is 71.4 Å². The Morgan fingerprint density at radius 2 is 1.81 bits per heavy atom. The van der Waals surface area contributed by atoms with Crippen molar-refractivity contribution in [3.8, 4) is 11.5 Å². The molecule has 1 aliphatic rings. The lowest BCUT2D eigenvalue weighted by atomic mass is 10.1. The standard InChI is InChI=1S/C24H16Cl2FNO4/c1-30-22-11-14(2-9-21(22)31-13-16-3-6-17(25)12-19(16)26)10-20-24(29)32-23(28-20)15-4-7-18(27)8-5-15/h2-12H,13H2,1H3. The molecule has 32 heavy (non-hydrogen) atoms. The highest BCUT2D eigenvalue weighted by Gasteiger charge is 2.24. The summed E-state index contributed by atoms with van der Waals surface area (Å²) in [5.74, 6) is 0.111. The van der Waals surface area contributed by atoms with Gasteiger partial charge in [0, 0.05) is 21.2 Å². The van der Waals surface area contributed by atoms with E-state index in [0.29, 0.717) is 32.7 Å². The van der Waals surface area contributed by atoms with Crippen molar-refractivity contribution in [1.29, 1.82) is 0 Å². The van der Waals surface area contributed by atoms with E-state index >= 15 is 0 Å². The van der Waals surface area contributed by atoms with Gasteiger partial charge in [0.15, 0.2) is 17.2 Å². The van der Waals surface area contributed by atoms with Gasteiger partial charge >= 0.3 is 5.97 Å². The highest BCUT2D eigenvalue weighted by molar-refractivity contribution is 6.35. The zero-order chi connectivity index (χ0) is 22.7. The molecule has 0 N–H and O–H groups in total. The van der Waals surface area contributed by atoms with Crippen molar-refractivity contribution in [1.82, 2.24) is 0 Å². The van der Waals surface area contributed by atoms with Gasteiger partial charge in [-0.05, 0) is 60.2 Å². The Bertz CT molecular complexity index is 1240. The third kappa shape index (κ3) is 4.93. The fourth-order valence-corrected chi connectivity index (χ4v) is 3.43. The van der Waals surface area contributed by atoms with Crippen LogP contribution in [0.3, 0.4) is 0 Å². The van der Waals surface area contributed by atoms with Gasteiger partial charge in [0.25, 0.3) is 0 Å². The Morgan fingerprint density at radius 3 is 2.53 bits per heavy atom. The Kier molecular flexibility index (Phi) is 6.44. The molecule has 0 unspecified atom stereocenters. The third-order valence-corrected chi connectivity index (χ3v) is 5.19. The molecule has 0 atom stereocenters. The number of halogens is 3. The highest BCUT2D eigenvalue weighted by atomic mass is 35.5. The summed E-state index contributed by atoms with van der Waals surface area (Å²) in [7, 11) is 1.52. The van der Waals surface area contributed by atoms with E-state index in [9.17, 15) is 9.18 Å². The van der Waals surface area contributed by atoms with Crippen LogP contribution < -0.4 is 9.47 Å². The smallest absolute Gasteiger partial charge is 0.363 e. The number of carbonyl (C=O) groups is 1. The molecule has 4 rings (SSSR count). The average Bonchev–Trinajstić information content (AvgIpc) is 3.14. The monoisotopic (exact) mass is 471 g/mol. The normalized spacial score (nSPS) is 14.3. The predicted molar refractivity (Wildman–Crippen MR) is 121 cm³/mol. The summed E-state index contributed by atoms with van der Waals surface area (Å²) in [5, 5.41) is 1.05. The van der Waals surface area contributed by atoms with E-state index in [1.165, 1.54) is 31.4 Å². The lowest BCUT2D eigenvalue weighted by Gasteiger charge is -2.12. The lowest BCUT2D eigenvalue weighted by molar-refractivity contribution is -0.129. The van der Waals surface area contributed by atoms with Crippen LogP contribution in [0, 0.1) is 5.82 Å². The summed E-state index contributed by atoms with van der Waals surface area (Å²) in [6, 6.07) is 15.9. The molecule has 0 fully saturated rings. The number of cyclic esters (lactones) is 1. The number of hydrogen-bond donors (Lipinski definition) is 0. The average molecular weight is 472 g/mol. The van der Waals surface area contributed by atoms with Gasteiger partial charge in [-0.1, -0.05) is 35.3 Å². The Balaban J connectivity index is 1.53. The van der Waals surface area contributed by atoms with E-state index in [0.717, 1.165) is 5.56 Å². The fourth-order valence-electron chi connectivity index (χ4n) is 2.97. The molecule has 162 valence electrons. The maximum Gasteiger partial charge on any atom is 0.363 e. The first-order valence-electron chi connectivity index (χ1n) is 9.46. The highest BCUT2D eigenvalue weighted by Crippen LogP contribution is 2.31. The summed E-state index contributed by atoms with van der Waals surface area (Å²) in [4.78, 5) is 16.4. The van der Waals surface area contributed by atoms with Crippen molar-refractivity contribution in [2.45, 2.75) is 6.61 Å². The second kappa shape index (κ2) is 9.42. The molecule has 0 bridgehead atoms. The molecule has 5 nitrogen and oxygen atoms in total. The molecule has 3 aromatic rings. The molecule has 0 aliphatic carbocycles. The van der Waals surface area contributed by atoms with Gasteiger partial charge in [-0.3, -0.25) is 0 Å². The van der Waals surface area contributed by atoms with E-state index < -0.39 is 5.97 Å². The molecule has 0 spiro atoms. The second-order valence-electron chi connectivity index (χ2n) is 6.78. The Hall–Kier alpha value is -3.35. The molecular weight excluding hydrogens is 456 g/mol. The minimum atomic E-state index is -0.596. The van der Waals surface area contributed by atoms with Crippen LogP contribution in [0.2, 0.25) is 10.0 Å². The van der Waals surface area contributed by atoms with Crippen LogP contribution in [0.1, 0.15) is 16.7 Å². The van der Waals surface area contributed by atoms with Crippen LogP contribution in [0.4, 0.5) is 4.39 Å². The van der Waals surface area contributed by atoms with Gasteiger partial charge in [0.2, 0.25) is 5.90 Å². The zero-order valence-electron chi connectivity index (χ0n) is 16.8. The van der Waals surface area contributed by atoms with Gasteiger partial charge in [-0.2, -0.15) is 0 Å². The van der Waals surface area contributed by atoms with E-state index in [2.05, 4.69) is 4.99 Å². The number of methoxy groups -OCH3 is 1. The van der Waals surface area contributed by atoms with Crippen LogP contribution >= 0.6 is 23.2 Å². The fraction of sp³-hybridized carbons (Fsp3) is 0.0833. The van der Waals surface area contributed by atoms with E-state index in [4.69, 9.17) is 37.4 Å². The topological polar surface area (TPSA) is 57.1 Å². The van der Waals surface area contributed by atoms with Crippen molar-refractivity contribution >= 4 is 41.1 Å². The predicted octanol–water partition coefficient (Wildman–Crippen LogP) is 6.06. The number of ether oxygens (including phenoxy) is 3. The van der Waals surface area contributed by atoms with Crippen molar-refractivity contribution in [3.05, 3.63) is 98.9 Å². The summed E-state index contributed by atoms with van der Waals surface area (Å²) < 4.78 is 29.6. The molecule has 3 aromatic carbocycles. The van der Waals surface area contributed by atoms with Crippen LogP contribution in [-0.4, -0.2) is 19.0 Å². The first-order chi connectivity index (χ1) is 15.4. The molecule has 0 saturated heterocycles.